The third-order valence-electron chi connectivity index (χ3n) is 4.15. The molecule has 0 saturated carbocycles. The number of nitrogens with zero attached hydrogens (tertiary/aromatic N) is 1. The van der Waals surface area contributed by atoms with Crippen LogP contribution in [0.5, 0.6) is 11.5 Å². The highest BCUT2D eigenvalue weighted by molar-refractivity contribution is 5.94. The van der Waals surface area contributed by atoms with Gasteiger partial charge in [-0.2, -0.15) is 0 Å². The number of hydrogen-bond donors (Lipinski definition) is 2. The SMILES string of the molecule is O=C(NCc1ccco1)c1ccnc(Nc2ccccc2Oc2ccccc2)c1. The van der Waals surface area contributed by atoms with Gasteiger partial charge in [-0.25, -0.2) is 4.98 Å². The summed E-state index contributed by atoms with van der Waals surface area (Å²) in [4.78, 5) is 16.7. The van der Waals surface area contributed by atoms with Crippen molar-refractivity contribution in [2.75, 3.05) is 5.32 Å². The van der Waals surface area contributed by atoms with Crippen LogP contribution in [0.1, 0.15) is 16.1 Å². The fourth-order valence-electron chi connectivity index (χ4n) is 2.74. The van der Waals surface area contributed by atoms with E-state index in [1.54, 1.807) is 30.7 Å². The van der Waals surface area contributed by atoms with Gasteiger partial charge >= 0.3 is 0 Å². The number of anilines is 2. The Balaban J connectivity index is 1.47. The minimum absolute atomic E-state index is 0.208. The van der Waals surface area contributed by atoms with Gasteiger partial charge in [-0.1, -0.05) is 30.3 Å². The number of carbonyl (C=O) groups excluding carboxylic acids is 1. The molecule has 0 radical (unpaired) electrons. The van der Waals surface area contributed by atoms with Crippen molar-refractivity contribution in [3.05, 3.63) is 103 Å². The van der Waals surface area contributed by atoms with Crippen LogP contribution in [-0.4, -0.2) is 10.9 Å². The van der Waals surface area contributed by atoms with Crippen molar-refractivity contribution in [2.45, 2.75) is 6.54 Å². The minimum atomic E-state index is -0.208. The van der Waals surface area contributed by atoms with Crippen LogP contribution in [0.4, 0.5) is 11.5 Å². The molecule has 0 bridgehead atoms. The number of benzene rings is 2. The second-order valence-corrected chi connectivity index (χ2v) is 6.23. The predicted molar refractivity (Wildman–Crippen MR) is 110 cm³/mol. The van der Waals surface area contributed by atoms with Crippen LogP contribution < -0.4 is 15.4 Å². The van der Waals surface area contributed by atoms with Gasteiger partial charge in [0.15, 0.2) is 5.75 Å². The Hall–Kier alpha value is -4.06. The second kappa shape index (κ2) is 8.75. The molecule has 6 heteroatoms. The topological polar surface area (TPSA) is 76.4 Å². The zero-order chi connectivity index (χ0) is 19.9. The third kappa shape index (κ3) is 4.81. The first-order chi connectivity index (χ1) is 14.3. The molecule has 0 unspecified atom stereocenters. The number of ether oxygens (including phenoxy) is 1. The van der Waals surface area contributed by atoms with Crippen LogP contribution in [0.25, 0.3) is 0 Å². The number of carbonyl (C=O) groups is 1. The highest BCUT2D eigenvalue weighted by Crippen LogP contribution is 2.31. The lowest BCUT2D eigenvalue weighted by Gasteiger charge is -2.13. The predicted octanol–water partition coefficient (Wildman–Crippen LogP) is 5.14. The fourth-order valence-corrected chi connectivity index (χ4v) is 2.74. The molecule has 0 saturated heterocycles. The van der Waals surface area contributed by atoms with Gasteiger partial charge in [-0.05, 0) is 48.5 Å². The van der Waals surface area contributed by atoms with E-state index in [0.29, 0.717) is 29.4 Å². The second-order valence-electron chi connectivity index (χ2n) is 6.23. The summed E-state index contributed by atoms with van der Waals surface area (Å²) in [6.45, 7) is 0.324. The van der Waals surface area contributed by atoms with E-state index in [2.05, 4.69) is 15.6 Å². The molecule has 6 nitrogen and oxygen atoms in total. The average molecular weight is 385 g/mol. The van der Waals surface area contributed by atoms with Gasteiger partial charge in [0.25, 0.3) is 5.91 Å². The zero-order valence-electron chi connectivity index (χ0n) is 15.5. The highest BCUT2D eigenvalue weighted by atomic mass is 16.5. The number of aromatic nitrogens is 1. The van der Waals surface area contributed by atoms with E-state index in [1.165, 1.54) is 0 Å². The van der Waals surface area contributed by atoms with E-state index >= 15 is 0 Å². The van der Waals surface area contributed by atoms with Crippen LogP contribution >= 0.6 is 0 Å². The van der Waals surface area contributed by atoms with Gasteiger partial charge < -0.3 is 19.8 Å². The molecule has 0 aliphatic rings. The number of hydrogen-bond acceptors (Lipinski definition) is 5. The van der Waals surface area contributed by atoms with Crippen molar-refractivity contribution < 1.29 is 13.9 Å². The van der Waals surface area contributed by atoms with Crippen molar-refractivity contribution in [3.63, 3.8) is 0 Å². The molecule has 4 rings (SSSR count). The number of furan rings is 1. The molecule has 0 spiro atoms. The summed E-state index contributed by atoms with van der Waals surface area (Å²) in [6.07, 6.45) is 3.16. The molecule has 2 N–H and O–H groups in total. The van der Waals surface area contributed by atoms with E-state index < -0.39 is 0 Å². The summed E-state index contributed by atoms with van der Waals surface area (Å²) in [6, 6.07) is 24.0. The average Bonchev–Trinajstić information content (AvgIpc) is 3.28. The van der Waals surface area contributed by atoms with E-state index in [-0.39, 0.29) is 5.91 Å². The first-order valence-electron chi connectivity index (χ1n) is 9.13. The Kier molecular flexibility index (Phi) is 5.53. The fraction of sp³-hybridized carbons (Fsp3) is 0.0435. The Labute approximate surface area is 168 Å². The molecule has 2 aromatic carbocycles. The first-order valence-corrected chi connectivity index (χ1v) is 9.13. The summed E-state index contributed by atoms with van der Waals surface area (Å²) < 4.78 is 11.2. The quantitative estimate of drug-likeness (QED) is 0.461. The normalized spacial score (nSPS) is 10.3. The molecule has 2 heterocycles. The molecular weight excluding hydrogens is 366 g/mol. The first kappa shape index (κ1) is 18.3. The standard InChI is InChI=1S/C23H19N3O3/c27-23(25-16-19-9-6-14-28-19)17-12-13-24-22(15-17)26-20-10-4-5-11-21(20)29-18-7-2-1-3-8-18/h1-15H,16H2,(H,24,26)(H,25,27). The number of rotatable bonds is 7. The van der Waals surface area contributed by atoms with Crippen molar-refractivity contribution in [1.82, 2.24) is 10.3 Å². The molecule has 4 aromatic rings. The largest absolute Gasteiger partial charge is 0.467 e. The summed E-state index contributed by atoms with van der Waals surface area (Å²) >= 11 is 0. The van der Waals surface area contributed by atoms with Crippen LogP contribution in [0.15, 0.2) is 95.7 Å². The molecule has 0 atom stereocenters. The van der Waals surface area contributed by atoms with Crippen LogP contribution in [0.2, 0.25) is 0 Å². The maximum Gasteiger partial charge on any atom is 0.251 e. The highest BCUT2D eigenvalue weighted by Gasteiger charge is 2.10. The summed E-state index contributed by atoms with van der Waals surface area (Å²) in [5.74, 6) is 2.42. The van der Waals surface area contributed by atoms with Gasteiger partial charge in [-0.3, -0.25) is 4.79 Å². The molecule has 0 aliphatic carbocycles. The maximum absolute atomic E-state index is 12.4. The summed E-state index contributed by atoms with van der Waals surface area (Å²) in [7, 11) is 0. The number of para-hydroxylation sites is 3. The summed E-state index contributed by atoms with van der Waals surface area (Å²) in [5.41, 5.74) is 1.24. The molecule has 2 aromatic heterocycles. The van der Waals surface area contributed by atoms with Gasteiger partial charge in [0.2, 0.25) is 0 Å². The van der Waals surface area contributed by atoms with E-state index in [1.807, 2.05) is 60.7 Å². The Bertz CT molecular complexity index is 1080. The van der Waals surface area contributed by atoms with Gasteiger partial charge in [0.1, 0.15) is 17.3 Å². The monoisotopic (exact) mass is 385 g/mol. The Morgan fingerprint density at radius 2 is 1.79 bits per heavy atom. The lowest BCUT2D eigenvalue weighted by Crippen LogP contribution is -2.22. The smallest absolute Gasteiger partial charge is 0.251 e. The Morgan fingerprint density at radius 3 is 2.62 bits per heavy atom. The van der Waals surface area contributed by atoms with E-state index in [4.69, 9.17) is 9.15 Å². The van der Waals surface area contributed by atoms with Gasteiger partial charge in [0.05, 0.1) is 18.5 Å². The molecule has 0 fully saturated rings. The molecule has 1 amide bonds. The van der Waals surface area contributed by atoms with E-state index in [0.717, 1.165) is 11.4 Å². The third-order valence-corrected chi connectivity index (χ3v) is 4.15. The van der Waals surface area contributed by atoms with Crippen LogP contribution in [-0.2, 0) is 6.54 Å². The number of amides is 1. The molecule has 144 valence electrons. The molecule has 0 aliphatic heterocycles. The molecular formula is C23H19N3O3. The zero-order valence-corrected chi connectivity index (χ0v) is 15.5. The maximum atomic E-state index is 12.4. The van der Waals surface area contributed by atoms with Crippen molar-refractivity contribution in [3.8, 4) is 11.5 Å². The number of pyridine rings is 1. The summed E-state index contributed by atoms with van der Waals surface area (Å²) in [5, 5.41) is 6.05. The lowest BCUT2D eigenvalue weighted by molar-refractivity contribution is 0.0948. The lowest BCUT2D eigenvalue weighted by atomic mass is 10.2. The van der Waals surface area contributed by atoms with Crippen LogP contribution in [0.3, 0.4) is 0 Å². The van der Waals surface area contributed by atoms with Crippen molar-refractivity contribution in [1.29, 1.82) is 0 Å². The van der Waals surface area contributed by atoms with Crippen molar-refractivity contribution >= 4 is 17.4 Å². The van der Waals surface area contributed by atoms with Gasteiger partial charge in [0, 0.05) is 11.8 Å². The number of nitrogens with one attached hydrogen (secondary N) is 2. The Morgan fingerprint density at radius 1 is 0.966 bits per heavy atom. The van der Waals surface area contributed by atoms with E-state index in [9.17, 15) is 4.79 Å². The van der Waals surface area contributed by atoms with Crippen molar-refractivity contribution in [2.24, 2.45) is 0 Å². The molecule has 29 heavy (non-hydrogen) atoms. The van der Waals surface area contributed by atoms with Gasteiger partial charge in [-0.15, -0.1) is 0 Å². The van der Waals surface area contributed by atoms with Crippen LogP contribution in [0, 0.1) is 0 Å². The minimum Gasteiger partial charge on any atom is -0.467 e.